The number of ether oxygens (including phenoxy) is 3. The second kappa shape index (κ2) is 4.58. The van der Waals surface area contributed by atoms with Crippen molar-refractivity contribution in [1.82, 2.24) is 0 Å². The number of methoxy groups -OCH3 is 3. The molecule has 1 aromatic rings. The van der Waals surface area contributed by atoms with Crippen molar-refractivity contribution in [2.45, 2.75) is 4.90 Å². The van der Waals surface area contributed by atoms with E-state index in [0.29, 0.717) is 5.75 Å². The minimum Gasteiger partial charge on any atom is -0.496 e. The van der Waals surface area contributed by atoms with E-state index in [2.05, 4.69) is 0 Å². The highest BCUT2D eigenvalue weighted by molar-refractivity contribution is 7.86. The Morgan fingerprint density at radius 1 is 1.00 bits per heavy atom. The van der Waals surface area contributed by atoms with Crippen LogP contribution in [0.4, 0.5) is 0 Å². The van der Waals surface area contributed by atoms with E-state index in [1.807, 2.05) is 0 Å². The molecule has 16 heavy (non-hydrogen) atoms. The summed E-state index contributed by atoms with van der Waals surface area (Å²) in [7, 11) is -0.440. The molecule has 0 heterocycles. The van der Waals surface area contributed by atoms with Crippen LogP contribution in [0, 0.1) is 0 Å². The zero-order chi connectivity index (χ0) is 12.3. The Bertz CT molecular complexity index is 454. The van der Waals surface area contributed by atoms with Crippen LogP contribution in [-0.4, -0.2) is 34.3 Å². The fourth-order valence-corrected chi connectivity index (χ4v) is 2.02. The summed E-state index contributed by atoms with van der Waals surface area (Å²) in [5, 5.41) is 0. The van der Waals surface area contributed by atoms with E-state index in [0.717, 1.165) is 0 Å². The Kier molecular flexibility index (Phi) is 3.61. The molecule has 0 aliphatic heterocycles. The number of hydrogen-bond donors (Lipinski definition) is 1. The molecule has 0 amide bonds. The summed E-state index contributed by atoms with van der Waals surface area (Å²) in [6.07, 6.45) is 0. The van der Waals surface area contributed by atoms with Gasteiger partial charge in [0.05, 0.1) is 21.3 Å². The normalized spacial score (nSPS) is 11.0. The van der Waals surface area contributed by atoms with Crippen LogP contribution in [0.2, 0.25) is 0 Å². The second-order valence-corrected chi connectivity index (χ2v) is 4.19. The first-order chi connectivity index (χ1) is 7.43. The molecule has 1 rings (SSSR count). The van der Waals surface area contributed by atoms with Crippen molar-refractivity contribution >= 4 is 10.1 Å². The van der Waals surface area contributed by atoms with Crippen molar-refractivity contribution in [3.05, 3.63) is 12.1 Å². The van der Waals surface area contributed by atoms with Crippen molar-refractivity contribution < 1.29 is 27.2 Å². The van der Waals surface area contributed by atoms with Gasteiger partial charge < -0.3 is 14.2 Å². The lowest BCUT2D eigenvalue weighted by Gasteiger charge is -2.12. The van der Waals surface area contributed by atoms with E-state index in [1.165, 1.54) is 33.5 Å². The third kappa shape index (κ3) is 2.37. The van der Waals surface area contributed by atoms with Gasteiger partial charge in [-0.15, -0.1) is 0 Å². The molecule has 1 N–H and O–H groups in total. The highest BCUT2D eigenvalue weighted by Crippen LogP contribution is 2.37. The SMILES string of the molecule is COc1cc(OC)c(S(=O)(=O)O)c(OC)c1. The molecule has 0 atom stereocenters. The lowest BCUT2D eigenvalue weighted by Crippen LogP contribution is -2.05. The summed E-state index contributed by atoms with van der Waals surface area (Å²) < 4.78 is 46.0. The molecular formula is C9H12O6S. The van der Waals surface area contributed by atoms with Crippen molar-refractivity contribution in [1.29, 1.82) is 0 Å². The molecule has 0 fully saturated rings. The Morgan fingerprint density at radius 3 is 1.69 bits per heavy atom. The molecule has 0 aliphatic rings. The monoisotopic (exact) mass is 248 g/mol. The summed E-state index contributed by atoms with van der Waals surface area (Å²) in [5.74, 6) is 0.276. The minimum absolute atomic E-state index is 0.0429. The topological polar surface area (TPSA) is 82.1 Å². The number of benzene rings is 1. The molecule has 1 aromatic carbocycles. The van der Waals surface area contributed by atoms with E-state index < -0.39 is 15.0 Å². The minimum atomic E-state index is -4.42. The Morgan fingerprint density at radius 2 is 1.44 bits per heavy atom. The Hall–Kier alpha value is -1.47. The molecule has 0 bridgehead atoms. The van der Waals surface area contributed by atoms with Gasteiger partial charge in [0.15, 0.2) is 4.90 Å². The summed E-state index contributed by atoms with van der Waals surface area (Å²) in [6, 6.07) is 2.68. The van der Waals surface area contributed by atoms with Gasteiger partial charge in [-0.25, -0.2) is 0 Å². The summed E-state index contributed by atoms with van der Waals surface area (Å²) in [6.45, 7) is 0. The fourth-order valence-electron chi connectivity index (χ4n) is 1.23. The zero-order valence-electron chi connectivity index (χ0n) is 9.05. The maximum Gasteiger partial charge on any atom is 0.301 e. The van der Waals surface area contributed by atoms with E-state index >= 15 is 0 Å². The smallest absolute Gasteiger partial charge is 0.301 e. The highest BCUT2D eigenvalue weighted by Gasteiger charge is 2.23. The second-order valence-electron chi connectivity index (χ2n) is 2.84. The van der Waals surface area contributed by atoms with Gasteiger partial charge in [0, 0.05) is 12.1 Å². The predicted molar refractivity (Wildman–Crippen MR) is 55.9 cm³/mol. The van der Waals surface area contributed by atoms with Gasteiger partial charge in [0.25, 0.3) is 0 Å². The maximum absolute atomic E-state index is 11.1. The molecule has 0 spiro atoms. The van der Waals surface area contributed by atoms with Gasteiger partial charge in [-0.05, 0) is 0 Å². The molecule has 0 saturated heterocycles. The van der Waals surface area contributed by atoms with Crippen molar-refractivity contribution in [2.24, 2.45) is 0 Å². The van der Waals surface area contributed by atoms with Crippen LogP contribution in [0.15, 0.2) is 17.0 Å². The number of rotatable bonds is 4. The molecule has 0 aliphatic carbocycles. The molecular weight excluding hydrogens is 236 g/mol. The number of hydrogen-bond acceptors (Lipinski definition) is 5. The van der Waals surface area contributed by atoms with Crippen molar-refractivity contribution in [3.63, 3.8) is 0 Å². The Balaban J connectivity index is 3.57. The first kappa shape index (κ1) is 12.6. The predicted octanol–water partition coefficient (Wildman–Crippen LogP) is 0.959. The average Bonchev–Trinajstić information content (AvgIpc) is 2.25. The standard InChI is InChI=1S/C9H12O6S/c1-13-6-4-7(14-2)9(16(10,11)12)8(5-6)15-3/h4-5H,1-3H3,(H,10,11,12). The molecule has 0 aromatic heterocycles. The fraction of sp³-hybridized carbons (Fsp3) is 0.333. The van der Waals surface area contributed by atoms with Gasteiger partial charge in [0.1, 0.15) is 17.2 Å². The molecule has 6 nitrogen and oxygen atoms in total. The molecule has 90 valence electrons. The average molecular weight is 248 g/mol. The lowest BCUT2D eigenvalue weighted by atomic mass is 10.3. The Labute approximate surface area is 93.5 Å². The van der Waals surface area contributed by atoms with Crippen molar-refractivity contribution in [2.75, 3.05) is 21.3 Å². The van der Waals surface area contributed by atoms with Crippen LogP contribution in [0.25, 0.3) is 0 Å². The van der Waals surface area contributed by atoms with Crippen LogP contribution in [0.1, 0.15) is 0 Å². The largest absolute Gasteiger partial charge is 0.496 e. The summed E-state index contributed by atoms with van der Waals surface area (Å²) in [4.78, 5) is -0.418. The van der Waals surface area contributed by atoms with E-state index in [1.54, 1.807) is 0 Å². The van der Waals surface area contributed by atoms with Gasteiger partial charge in [-0.1, -0.05) is 0 Å². The van der Waals surface area contributed by atoms with Crippen molar-refractivity contribution in [3.8, 4) is 17.2 Å². The quantitative estimate of drug-likeness (QED) is 0.799. The van der Waals surface area contributed by atoms with Crippen LogP contribution in [0.3, 0.4) is 0 Å². The summed E-state index contributed by atoms with van der Waals surface area (Å²) in [5.41, 5.74) is 0. The molecule has 0 unspecified atom stereocenters. The first-order valence-electron chi connectivity index (χ1n) is 4.21. The molecule has 0 saturated carbocycles. The molecule has 7 heteroatoms. The van der Waals surface area contributed by atoms with Gasteiger partial charge in [-0.3, -0.25) is 4.55 Å². The third-order valence-corrected chi connectivity index (χ3v) is 2.85. The first-order valence-corrected chi connectivity index (χ1v) is 5.65. The van der Waals surface area contributed by atoms with E-state index in [9.17, 15) is 8.42 Å². The van der Waals surface area contributed by atoms with E-state index in [4.69, 9.17) is 18.8 Å². The maximum atomic E-state index is 11.1. The van der Waals surface area contributed by atoms with Crippen LogP contribution in [-0.2, 0) is 10.1 Å². The molecule has 0 radical (unpaired) electrons. The van der Waals surface area contributed by atoms with Crippen LogP contribution in [0.5, 0.6) is 17.2 Å². The van der Waals surface area contributed by atoms with E-state index in [-0.39, 0.29) is 11.5 Å². The van der Waals surface area contributed by atoms with Crippen LogP contribution < -0.4 is 14.2 Å². The lowest BCUT2D eigenvalue weighted by molar-refractivity contribution is 0.355. The zero-order valence-corrected chi connectivity index (χ0v) is 9.87. The highest BCUT2D eigenvalue weighted by atomic mass is 32.2. The van der Waals surface area contributed by atoms with Crippen LogP contribution >= 0.6 is 0 Å². The van der Waals surface area contributed by atoms with Gasteiger partial charge in [0.2, 0.25) is 0 Å². The van der Waals surface area contributed by atoms with Gasteiger partial charge >= 0.3 is 10.1 Å². The summed E-state index contributed by atoms with van der Waals surface area (Å²) >= 11 is 0. The third-order valence-electron chi connectivity index (χ3n) is 1.93. The van der Waals surface area contributed by atoms with Gasteiger partial charge in [-0.2, -0.15) is 8.42 Å².